The number of aryl methyl sites for hydroxylation is 2. The van der Waals surface area contributed by atoms with Crippen molar-refractivity contribution in [1.82, 2.24) is 20.2 Å². The van der Waals surface area contributed by atoms with Crippen molar-refractivity contribution >= 4 is 11.3 Å². The number of rotatable bonds is 3. The fourth-order valence-electron chi connectivity index (χ4n) is 1.71. The lowest BCUT2D eigenvalue weighted by atomic mass is 9.97. The first kappa shape index (κ1) is 11.2. The van der Waals surface area contributed by atoms with Crippen LogP contribution in [0.2, 0.25) is 0 Å². The first-order valence-electron chi connectivity index (χ1n) is 4.99. The number of aromatic nitrogens is 4. The summed E-state index contributed by atoms with van der Waals surface area (Å²) >= 11 is 1.55. The van der Waals surface area contributed by atoms with Gasteiger partial charge < -0.3 is 5.11 Å². The third kappa shape index (κ3) is 2.12. The highest BCUT2D eigenvalue weighted by atomic mass is 32.1. The van der Waals surface area contributed by atoms with E-state index < -0.39 is 5.60 Å². The molecule has 6 heteroatoms. The van der Waals surface area contributed by atoms with Crippen LogP contribution in [0.15, 0.2) is 11.4 Å². The summed E-state index contributed by atoms with van der Waals surface area (Å²) in [6.07, 6.45) is 0.377. The lowest BCUT2D eigenvalue weighted by molar-refractivity contribution is 0.0587. The number of hydrogen-bond donors (Lipinski definition) is 1. The molecule has 0 saturated heterocycles. The van der Waals surface area contributed by atoms with Gasteiger partial charge in [-0.25, -0.2) is 0 Å². The summed E-state index contributed by atoms with van der Waals surface area (Å²) in [5.41, 5.74) is 0.167. The summed E-state index contributed by atoms with van der Waals surface area (Å²) in [5, 5.41) is 24.1. The molecule has 0 radical (unpaired) electrons. The smallest absolute Gasteiger partial charge is 0.178 e. The molecule has 86 valence electrons. The largest absolute Gasteiger partial charge is 0.384 e. The Kier molecular flexibility index (Phi) is 2.77. The molecule has 2 heterocycles. The molecule has 1 atom stereocenters. The van der Waals surface area contributed by atoms with E-state index in [2.05, 4.69) is 15.4 Å². The van der Waals surface area contributed by atoms with Gasteiger partial charge in [0.25, 0.3) is 0 Å². The van der Waals surface area contributed by atoms with Crippen LogP contribution in [0, 0.1) is 6.92 Å². The van der Waals surface area contributed by atoms with Crippen molar-refractivity contribution < 1.29 is 5.11 Å². The highest BCUT2D eigenvalue weighted by Gasteiger charge is 2.28. The van der Waals surface area contributed by atoms with Crippen molar-refractivity contribution in [1.29, 1.82) is 0 Å². The first-order valence-corrected chi connectivity index (χ1v) is 5.87. The second kappa shape index (κ2) is 3.95. The molecule has 1 N–H and O–H groups in total. The molecule has 0 bridgehead atoms. The Morgan fingerprint density at radius 1 is 1.56 bits per heavy atom. The van der Waals surface area contributed by atoms with Gasteiger partial charge >= 0.3 is 0 Å². The van der Waals surface area contributed by atoms with E-state index in [1.165, 1.54) is 4.80 Å². The monoisotopic (exact) mass is 238 g/mol. The zero-order valence-corrected chi connectivity index (χ0v) is 10.3. The van der Waals surface area contributed by atoms with Crippen molar-refractivity contribution in [3.8, 4) is 0 Å². The lowest BCUT2D eigenvalue weighted by Gasteiger charge is -2.21. The average Bonchev–Trinajstić information content (AvgIpc) is 2.74. The van der Waals surface area contributed by atoms with Gasteiger partial charge in [-0.2, -0.15) is 4.80 Å². The summed E-state index contributed by atoms with van der Waals surface area (Å²) in [4.78, 5) is 2.35. The second-order valence-corrected chi connectivity index (χ2v) is 4.99. The Morgan fingerprint density at radius 2 is 2.31 bits per heavy atom. The fraction of sp³-hybridized carbons (Fsp3) is 0.500. The van der Waals surface area contributed by atoms with Crippen LogP contribution in [0.3, 0.4) is 0 Å². The van der Waals surface area contributed by atoms with E-state index in [1.54, 1.807) is 25.3 Å². The highest BCUT2D eigenvalue weighted by molar-refractivity contribution is 7.10. The maximum Gasteiger partial charge on any atom is 0.178 e. The fourth-order valence-corrected chi connectivity index (χ4v) is 2.69. The minimum atomic E-state index is -0.929. The normalized spacial score (nSPS) is 15.0. The molecule has 0 saturated carbocycles. The summed E-state index contributed by atoms with van der Waals surface area (Å²) in [7, 11) is 1.71. The zero-order valence-electron chi connectivity index (χ0n) is 9.51. The molecule has 0 fully saturated rings. The summed E-state index contributed by atoms with van der Waals surface area (Å²) in [6.45, 7) is 3.77. The maximum atomic E-state index is 10.4. The van der Waals surface area contributed by atoms with Crippen LogP contribution in [-0.2, 0) is 19.1 Å². The zero-order chi connectivity index (χ0) is 11.8. The molecule has 0 spiro atoms. The quantitative estimate of drug-likeness (QED) is 0.867. The van der Waals surface area contributed by atoms with Gasteiger partial charge in [-0.15, -0.1) is 21.5 Å². The van der Waals surface area contributed by atoms with Crippen molar-refractivity contribution in [2.45, 2.75) is 25.9 Å². The number of nitrogens with zero attached hydrogens (tertiary/aromatic N) is 4. The van der Waals surface area contributed by atoms with Crippen molar-refractivity contribution in [2.24, 2.45) is 7.05 Å². The minimum Gasteiger partial charge on any atom is -0.384 e. The van der Waals surface area contributed by atoms with Gasteiger partial charge in [-0.05, 0) is 36.1 Å². The van der Waals surface area contributed by atoms with Crippen LogP contribution in [0.5, 0.6) is 0 Å². The Morgan fingerprint density at radius 3 is 2.81 bits per heavy atom. The predicted molar refractivity (Wildman–Crippen MR) is 61.1 cm³/mol. The maximum absolute atomic E-state index is 10.4. The molecular weight excluding hydrogens is 224 g/mol. The number of aliphatic hydroxyl groups is 1. The summed E-state index contributed by atoms with van der Waals surface area (Å²) < 4.78 is 0. The van der Waals surface area contributed by atoms with Crippen LogP contribution in [0.1, 0.15) is 23.2 Å². The van der Waals surface area contributed by atoms with Crippen LogP contribution >= 0.6 is 11.3 Å². The molecule has 2 aromatic heterocycles. The van der Waals surface area contributed by atoms with E-state index >= 15 is 0 Å². The van der Waals surface area contributed by atoms with Crippen molar-refractivity contribution in [3.63, 3.8) is 0 Å². The Hall–Kier alpha value is -1.27. The van der Waals surface area contributed by atoms with Crippen molar-refractivity contribution in [2.75, 3.05) is 0 Å². The molecule has 0 aliphatic rings. The highest BCUT2D eigenvalue weighted by Crippen LogP contribution is 2.31. The van der Waals surface area contributed by atoms with E-state index in [9.17, 15) is 5.11 Å². The van der Waals surface area contributed by atoms with Crippen LogP contribution in [-0.4, -0.2) is 25.3 Å². The lowest BCUT2D eigenvalue weighted by Crippen LogP contribution is -2.24. The molecular formula is C10H14N4OS. The molecule has 0 amide bonds. The first-order chi connectivity index (χ1) is 7.49. The Bertz CT molecular complexity index is 488. The van der Waals surface area contributed by atoms with Crippen LogP contribution in [0.4, 0.5) is 0 Å². The summed E-state index contributed by atoms with van der Waals surface area (Å²) in [5.74, 6) is 0.556. The molecule has 2 aromatic rings. The van der Waals surface area contributed by atoms with E-state index in [0.29, 0.717) is 12.2 Å². The van der Waals surface area contributed by atoms with Gasteiger partial charge in [-0.1, -0.05) is 0 Å². The van der Waals surface area contributed by atoms with Crippen LogP contribution in [0.25, 0.3) is 0 Å². The van der Waals surface area contributed by atoms with Crippen LogP contribution < -0.4 is 0 Å². The van der Waals surface area contributed by atoms with E-state index in [1.807, 2.05) is 18.4 Å². The minimum absolute atomic E-state index is 0.377. The molecule has 0 aromatic carbocycles. The molecule has 0 aliphatic carbocycles. The van der Waals surface area contributed by atoms with E-state index in [4.69, 9.17) is 0 Å². The topological polar surface area (TPSA) is 63.8 Å². The van der Waals surface area contributed by atoms with Gasteiger partial charge in [0.05, 0.1) is 7.05 Å². The number of hydrogen-bond acceptors (Lipinski definition) is 5. The van der Waals surface area contributed by atoms with E-state index in [0.717, 1.165) is 10.4 Å². The standard InChI is InChI=1S/C10H14N4OS/c1-7-4-5-16-9(7)10(2,15)6-8-11-13-14(3)12-8/h4-5,15H,6H2,1-3H3. The number of thiophene rings is 1. The average molecular weight is 238 g/mol. The molecule has 5 nitrogen and oxygen atoms in total. The summed E-state index contributed by atoms with van der Waals surface area (Å²) in [6, 6.07) is 2.00. The Labute approximate surface area is 97.7 Å². The predicted octanol–water partition coefficient (Wildman–Crippen LogP) is 1.03. The molecule has 1 unspecified atom stereocenters. The molecule has 0 aliphatic heterocycles. The van der Waals surface area contributed by atoms with Gasteiger partial charge in [0.2, 0.25) is 0 Å². The SMILES string of the molecule is Cc1ccsc1C(C)(O)Cc1nnn(C)n1. The third-order valence-corrected chi connectivity index (χ3v) is 3.67. The van der Waals surface area contributed by atoms with E-state index in [-0.39, 0.29) is 0 Å². The van der Waals surface area contributed by atoms with Gasteiger partial charge in [0, 0.05) is 11.3 Å². The van der Waals surface area contributed by atoms with Crippen molar-refractivity contribution in [3.05, 3.63) is 27.7 Å². The second-order valence-electron chi connectivity index (χ2n) is 4.08. The number of tetrazole rings is 1. The van der Waals surface area contributed by atoms with Gasteiger partial charge in [-0.3, -0.25) is 0 Å². The Balaban J connectivity index is 2.23. The molecule has 2 rings (SSSR count). The molecule has 16 heavy (non-hydrogen) atoms. The van der Waals surface area contributed by atoms with Gasteiger partial charge in [0.1, 0.15) is 5.60 Å². The van der Waals surface area contributed by atoms with Gasteiger partial charge in [0.15, 0.2) is 5.82 Å². The third-order valence-electron chi connectivity index (χ3n) is 2.40.